The quantitative estimate of drug-likeness (QED) is 0.661. The molecule has 10 heteroatoms. The molecular formula is C17H26Cl3N3O3S. The van der Waals surface area contributed by atoms with Crippen LogP contribution < -0.4 is 15.8 Å². The lowest BCUT2D eigenvalue weighted by Crippen LogP contribution is -2.59. The Labute approximate surface area is 181 Å². The number of hydrogen-bond acceptors (Lipinski definition) is 6. The molecule has 1 atom stereocenters. The van der Waals surface area contributed by atoms with Gasteiger partial charge in [0.05, 0.1) is 36.6 Å². The molecule has 0 aromatic heterocycles. The Kier molecular flexibility index (Phi) is 9.82. The number of ether oxygens (including phenoxy) is 2. The van der Waals surface area contributed by atoms with Crippen LogP contribution in [0.3, 0.4) is 0 Å². The number of methoxy groups -OCH3 is 1. The van der Waals surface area contributed by atoms with Gasteiger partial charge in [0.1, 0.15) is 5.75 Å². The van der Waals surface area contributed by atoms with Gasteiger partial charge in [-0.05, 0) is 18.2 Å². The van der Waals surface area contributed by atoms with Crippen LogP contribution in [0, 0.1) is 0 Å². The number of morpholine rings is 1. The number of nitrogens with one attached hydrogen (secondary N) is 1. The van der Waals surface area contributed by atoms with Crippen molar-refractivity contribution in [2.24, 2.45) is 0 Å². The first-order chi connectivity index (χ1) is 12.1. The Morgan fingerprint density at radius 2 is 2.11 bits per heavy atom. The van der Waals surface area contributed by atoms with Crippen molar-refractivity contribution in [3.63, 3.8) is 0 Å². The van der Waals surface area contributed by atoms with Crippen molar-refractivity contribution in [3.8, 4) is 5.75 Å². The maximum atomic E-state index is 12.7. The normalized spacial score (nSPS) is 22.4. The van der Waals surface area contributed by atoms with E-state index < -0.39 is 0 Å². The standard InChI is InChI=1S/C17H24ClN3O3S.2ClH/c1-23-15-9-14(19)13(18)8-12(15)16(22)20-10-17(2-7-25-11-17)21-3-5-24-6-4-21;;/h8-9H,2-7,10-11,19H2,1H3,(H,20,22);2*1H. The van der Waals surface area contributed by atoms with Crippen LogP contribution in [0.15, 0.2) is 12.1 Å². The summed E-state index contributed by atoms with van der Waals surface area (Å²) < 4.78 is 10.8. The molecule has 2 saturated heterocycles. The van der Waals surface area contributed by atoms with Gasteiger partial charge in [0, 0.05) is 37.0 Å². The Bertz CT molecular complexity index is 639. The predicted octanol–water partition coefficient (Wildman–Crippen LogP) is 2.71. The molecule has 27 heavy (non-hydrogen) atoms. The molecule has 0 saturated carbocycles. The number of benzene rings is 1. The van der Waals surface area contributed by atoms with Crippen molar-refractivity contribution in [2.75, 3.05) is 57.2 Å². The van der Waals surface area contributed by atoms with Crippen LogP contribution in [0.2, 0.25) is 5.02 Å². The minimum atomic E-state index is -0.191. The molecular weight excluding hydrogens is 433 g/mol. The summed E-state index contributed by atoms with van der Waals surface area (Å²) in [7, 11) is 1.52. The molecule has 154 valence electrons. The number of halogens is 3. The number of amides is 1. The number of anilines is 1. The molecule has 2 fully saturated rings. The zero-order valence-corrected chi connectivity index (χ0v) is 18.4. The number of nitrogen functional groups attached to an aromatic ring is 1. The average molecular weight is 459 g/mol. The summed E-state index contributed by atoms with van der Waals surface area (Å²) in [6.07, 6.45) is 1.07. The van der Waals surface area contributed by atoms with Crippen molar-refractivity contribution in [1.82, 2.24) is 10.2 Å². The van der Waals surface area contributed by atoms with Gasteiger partial charge < -0.3 is 20.5 Å². The van der Waals surface area contributed by atoms with Crippen LogP contribution in [0.1, 0.15) is 16.8 Å². The van der Waals surface area contributed by atoms with Gasteiger partial charge in [0.25, 0.3) is 5.91 Å². The Hall–Kier alpha value is -0.570. The van der Waals surface area contributed by atoms with Gasteiger partial charge in [-0.15, -0.1) is 24.8 Å². The fourth-order valence-corrected chi connectivity index (χ4v) is 5.03. The van der Waals surface area contributed by atoms with E-state index in [1.165, 1.54) is 7.11 Å². The second-order valence-electron chi connectivity index (χ2n) is 6.38. The highest BCUT2D eigenvalue weighted by Crippen LogP contribution is 2.34. The van der Waals surface area contributed by atoms with Crippen LogP contribution in [0.25, 0.3) is 0 Å². The first-order valence-electron chi connectivity index (χ1n) is 8.37. The largest absolute Gasteiger partial charge is 0.496 e. The summed E-state index contributed by atoms with van der Waals surface area (Å²) in [5, 5.41) is 3.44. The van der Waals surface area contributed by atoms with E-state index in [1.54, 1.807) is 12.1 Å². The zero-order valence-electron chi connectivity index (χ0n) is 15.2. The maximum Gasteiger partial charge on any atom is 0.255 e. The predicted molar refractivity (Wildman–Crippen MR) is 116 cm³/mol. The Morgan fingerprint density at radius 1 is 1.41 bits per heavy atom. The van der Waals surface area contributed by atoms with Gasteiger partial charge >= 0.3 is 0 Å². The smallest absolute Gasteiger partial charge is 0.255 e. The number of nitrogens with two attached hydrogens (primary N) is 1. The highest BCUT2D eigenvalue weighted by molar-refractivity contribution is 7.99. The molecule has 1 aromatic rings. The fourth-order valence-electron chi connectivity index (χ4n) is 3.39. The van der Waals surface area contributed by atoms with Gasteiger partial charge in [0.15, 0.2) is 0 Å². The summed E-state index contributed by atoms with van der Waals surface area (Å²) >= 11 is 8.02. The molecule has 3 N–H and O–H groups in total. The monoisotopic (exact) mass is 457 g/mol. The molecule has 2 aliphatic rings. The van der Waals surface area contributed by atoms with E-state index in [2.05, 4.69) is 10.2 Å². The third-order valence-corrected chi connectivity index (χ3v) is 6.47. The van der Waals surface area contributed by atoms with Crippen molar-refractivity contribution in [2.45, 2.75) is 12.0 Å². The molecule has 1 unspecified atom stereocenters. The molecule has 2 heterocycles. The van der Waals surface area contributed by atoms with Crippen LogP contribution in [0.4, 0.5) is 5.69 Å². The van der Waals surface area contributed by atoms with Crippen LogP contribution in [-0.2, 0) is 4.74 Å². The van der Waals surface area contributed by atoms with Gasteiger partial charge in [-0.25, -0.2) is 0 Å². The van der Waals surface area contributed by atoms with E-state index in [0.29, 0.717) is 28.6 Å². The fraction of sp³-hybridized carbons (Fsp3) is 0.588. The van der Waals surface area contributed by atoms with E-state index in [1.807, 2.05) is 11.8 Å². The van der Waals surface area contributed by atoms with E-state index in [9.17, 15) is 4.79 Å². The number of carbonyl (C=O) groups is 1. The minimum Gasteiger partial charge on any atom is -0.496 e. The lowest BCUT2D eigenvalue weighted by Gasteiger charge is -2.43. The molecule has 0 spiro atoms. The number of carbonyl (C=O) groups excluding carboxylic acids is 1. The third kappa shape index (κ3) is 5.49. The number of hydrogen-bond donors (Lipinski definition) is 2. The summed E-state index contributed by atoms with van der Waals surface area (Å²) in [6.45, 7) is 3.92. The molecule has 6 nitrogen and oxygen atoms in total. The molecule has 0 radical (unpaired) electrons. The molecule has 0 bridgehead atoms. The highest BCUT2D eigenvalue weighted by atomic mass is 35.5. The second-order valence-corrected chi connectivity index (χ2v) is 7.90. The molecule has 1 aromatic carbocycles. The topological polar surface area (TPSA) is 76.8 Å². The van der Waals surface area contributed by atoms with E-state index in [4.69, 9.17) is 26.8 Å². The molecule has 1 amide bonds. The summed E-state index contributed by atoms with van der Waals surface area (Å²) in [6, 6.07) is 3.15. The SMILES string of the molecule is COc1cc(N)c(Cl)cc1C(=O)NCC1(N2CCOCC2)CCSC1.Cl.Cl. The molecule has 0 aliphatic carbocycles. The van der Waals surface area contributed by atoms with Crippen LogP contribution >= 0.6 is 48.2 Å². The molecule has 2 aliphatic heterocycles. The number of rotatable bonds is 5. The Morgan fingerprint density at radius 3 is 2.70 bits per heavy atom. The van der Waals surface area contributed by atoms with E-state index in [0.717, 1.165) is 44.2 Å². The summed E-state index contributed by atoms with van der Waals surface area (Å²) in [5.41, 5.74) is 6.59. The number of thioether (sulfide) groups is 1. The van der Waals surface area contributed by atoms with Crippen molar-refractivity contribution < 1.29 is 14.3 Å². The third-order valence-electron chi connectivity index (χ3n) is 4.91. The summed E-state index contributed by atoms with van der Waals surface area (Å²) in [4.78, 5) is 15.2. The minimum absolute atomic E-state index is 0. The average Bonchev–Trinajstić information content (AvgIpc) is 3.12. The van der Waals surface area contributed by atoms with Gasteiger partial charge in [-0.3, -0.25) is 9.69 Å². The van der Waals surface area contributed by atoms with Crippen molar-refractivity contribution >= 4 is 59.8 Å². The van der Waals surface area contributed by atoms with Gasteiger partial charge in [0.2, 0.25) is 0 Å². The lowest BCUT2D eigenvalue weighted by atomic mass is 9.95. The zero-order chi connectivity index (χ0) is 17.9. The van der Waals surface area contributed by atoms with Gasteiger partial charge in [-0.1, -0.05) is 11.6 Å². The van der Waals surface area contributed by atoms with E-state index >= 15 is 0 Å². The first-order valence-corrected chi connectivity index (χ1v) is 9.91. The van der Waals surface area contributed by atoms with Gasteiger partial charge in [-0.2, -0.15) is 11.8 Å². The van der Waals surface area contributed by atoms with Crippen LogP contribution in [-0.4, -0.2) is 67.8 Å². The first kappa shape index (κ1) is 24.5. The summed E-state index contributed by atoms with van der Waals surface area (Å²) in [5.74, 6) is 2.38. The lowest BCUT2D eigenvalue weighted by molar-refractivity contribution is -0.0129. The highest BCUT2D eigenvalue weighted by Gasteiger charge is 2.41. The maximum absolute atomic E-state index is 12.7. The Balaban J connectivity index is 0.00000182. The second kappa shape index (κ2) is 10.8. The molecule has 3 rings (SSSR count). The van der Waals surface area contributed by atoms with Crippen LogP contribution in [0.5, 0.6) is 5.75 Å². The van der Waals surface area contributed by atoms with Crippen molar-refractivity contribution in [3.05, 3.63) is 22.7 Å². The van der Waals surface area contributed by atoms with Crippen molar-refractivity contribution in [1.29, 1.82) is 0 Å². The van der Waals surface area contributed by atoms with E-state index in [-0.39, 0.29) is 36.3 Å². The number of nitrogens with zero attached hydrogens (tertiary/aromatic N) is 1.